The van der Waals surface area contributed by atoms with E-state index in [-0.39, 0.29) is 0 Å². The molecule has 1 aliphatic rings. The molecule has 0 aromatic carbocycles. The monoisotopic (exact) mass is 199 g/mol. The van der Waals surface area contributed by atoms with Gasteiger partial charge in [0.15, 0.2) is 5.60 Å². The van der Waals surface area contributed by atoms with Gasteiger partial charge in [-0.1, -0.05) is 0 Å². The molecule has 1 aliphatic heterocycles. The first kappa shape index (κ1) is 10.4. The van der Waals surface area contributed by atoms with Crippen LogP contribution in [0.3, 0.4) is 0 Å². The second-order valence-corrected chi connectivity index (χ2v) is 3.17. The summed E-state index contributed by atoms with van der Waals surface area (Å²) in [6.07, 6.45) is 2.06. The van der Waals surface area contributed by atoms with E-state index in [0.29, 0.717) is 4.90 Å². The number of hydrogen-bond donors (Lipinski definition) is 2. The molecule has 0 fully saturated rings. The molecule has 0 bridgehead atoms. The first-order valence-electron chi connectivity index (χ1n) is 3.84. The van der Waals surface area contributed by atoms with Crippen LogP contribution in [-0.2, 0) is 14.4 Å². The predicted octanol–water partition coefficient (Wildman–Crippen LogP) is -1.25. The molecule has 1 atom stereocenters. The van der Waals surface area contributed by atoms with Crippen molar-refractivity contribution in [1.82, 2.24) is 4.90 Å². The molecule has 1 heterocycles. The number of nitrogens with zero attached hydrogens (tertiary/aromatic N) is 1. The number of aliphatic hydroxyl groups is 1. The highest BCUT2D eigenvalue weighted by Crippen LogP contribution is 2.11. The second kappa shape index (κ2) is 3.22. The molecule has 0 aromatic rings. The average Bonchev–Trinajstić information content (AvgIpc) is 2.35. The van der Waals surface area contributed by atoms with Gasteiger partial charge in [0, 0.05) is 12.2 Å². The van der Waals surface area contributed by atoms with Crippen molar-refractivity contribution in [3.8, 4) is 0 Å². The molecule has 0 aromatic heterocycles. The number of imide groups is 1. The number of rotatable bonds is 3. The van der Waals surface area contributed by atoms with Gasteiger partial charge < -0.3 is 10.2 Å². The van der Waals surface area contributed by atoms with Crippen molar-refractivity contribution in [3.63, 3.8) is 0 Å². The lowest BCUT2D eigenvalue weighted by atomic mass is 10.1. The largest absolute Gasteiger partial charge is 0.479 e. The van der Waals surface area contributed by atoms with E-state index in [0.717, 1.165) is 19.1 Å². The SMILES string of the molecule is CC(O)(CN1C(=O)C=CC1=O)C(=O)O. The van der Waals surface area contributed by atoms with Gasteiger partial charge >= 0.3 is 5.97 Å². The maximum absolute atomic E-state index is 11.0. The van der Waals surface area contributed by atoms with Crippen molar-refractivity contribution >= 4 is 17.8 Å². The minimum atomic E-state index is -2.11. The Morgan fingerprint density at radius 3 is 2.21 bits per heavy atom. The summed E-state index contributed by atoms with van der Waals surface area (Å²) < 4.78 is 0. The molecular formula is C8H9NO5. The highest BCUT2D eigenvalue weighted by molar-refractivity contribution is 6.13. The van der Waals surface area contributed by atoms with Crippen LogP contribution in [0.1, 0.15) is 6.92 Å². The van der Waals surface area contributed by atoms with Crippen LogP contribution in [-0.4, -0.2) is 45.0 Å². The standard InChI is InChI=1S/C8H9NO5/c1-8(14,7(12)13)4-9-5(10)2-3-6(9)11/h2-3,14H,4H2,1H3,(H,12,13). The number of amides is 2. The lowest BCUT2D eigenvalue weighted by Gasteiger charge is -2.23. The lowest BCUT2D eigenvalue weighted by molar-refractivity contribution is -0.160. The maximum Gasteiger partial charge on any atom is 0.337 e. The topological polar surface area (TPSA) is 94.9 Å². The maximum atomic E-state index is 11.0. The van der Waals surface area contributed by atoms with Gasteiger partial charge in [0.25, 0.3) is 11.8 Å². The summed E-state index contributed by atoms with van der Waals surface area (Å²) in [6, 6.07) is 0. The molecule has 0 spiro atoms. The van der Waals surface area contributed by atoms with Crippen LogP contribution in [0, 0.1) is 0 Å². The minimum absolute atomic E-state index is 0.549. The number of carbonyl (C=O) groups excluding carboxylic acids is 2. The fourth-order valence-corrected chi connectivity index (χ4v) is 0.962. The molecule has 6 heteroatoms. The number of carbonyl (C=O) groups is 3. The Labute approximate surface area is 79.4 Å². The van der Waals surface area contributed by atoms with Crippen LogP contribution < -0.4 is 0 Å². The molecule has 2 N–H and O–H groups in total. The van der Waals surface area contributed by atoms with Gasteiger partial charge in [0.05, 0.1) is 6.54 Å². The summed E-state index contributed by atoms with van der Waals surface area (Å²) in [5, 5.41) is 17.9. The number of aliphatic carboxylic acids is 1. The van der Waals surface area contributed by atoms with E-state index < -0.39 is 29.9 Å². The van der Waals surface area contributed by atoms with Crippen molar-refractivity contribution in [3.05, 3.63) is 12.2 Å². The van der Waals surface area contributed by atoms with Crippen LogP contribution in [0.5, 0.6) is 0 Å². The van der Waals surface area contributed by atoms with E-state index in [1.54, 1.807) is 0 Å². The number of carboxylic acids is 1. The van der Waals surface area contributed by atoms with Crippen molar-refractivity contribution in [2.45, 2.75) is 12.5 Å². The summed E-state index contributed by atoms with van der Waals surface area (Å²) in [7, 11) is 0. The highest BCUT2D eigenvalue weighted by Gasteiger charge is 2.37. The normalized spacial score (nSPS) is 20.0. The Morgan fingerprint density at radius 2 is 1.86 bits per heavy atom. The molecule has 76 valence electrons. The van der Waals surface area contributed by atoms with Crippen molar-refractivity contribution in [2.75, 3.05) is 6.54 Å². The molecule has 1 unspecified atom stereocenters. The quantitative estimate of drug-likeness (QED) is 0.553. The third-order valence-corrected chi connectivity index (χ3v) is 1.83. The van der Waals surface area contributed by atoms with Crippen LogP contribution in [0.4, 0.5) is 0 Å². The third kappa shape index (κ3) is 1.80. The zero-order chi connectivity index (χ0) is 10.9. The average molecular weight is 199 g/mol. The Bertz CT molecular complexity index is 313. The molecule has 2 amide bonds. The number of carboxylic acid groups (broad SMARTS) is 1. The highest BCUT2D eigenvalue weighted by atomic mass is 16.4. The summed E-state index contributed by atoms with van der Waals surface area (Å²) in [5.74, 6) is -2.71. The van der Waals surface area contributed by atoms with E-state index in [1.165, 1.54) is 0 Å². The van der Waals surface area contributed by atoms with Gasteiger partial charge in [-0.25, -0.2) is 4.79 Å². The van der Waals surface area contributed by atoms with Gasteiger partial charge in [-0.3, -0.25) is 14.5 Å². The van der Waals surface area contributed by atoms with Gasteiger partial charge in [-0.05, 0) is 6.92 Å². The Kier molecular flexibility index (Phi) is 2.39. The molecule has 0 saturated carbocycles. The van der Waals surface area contributed by atoms with E-state index in [9.17, 15) is 19.5 Å². The van der Waals surface area contributed by atoms with E-state index in [1.807, 2.05) is 0 Å². The molecule has 0 saturated heterocycles. The predicted molar refractivity (Wildman–Crippen MR) is 44.1 cm³/mol. The summed E-state index contributed by atoms with van der Waals surface area (Å²) >= 11 is 0. The summed E-state index contributed by atoms with van der Waals surface area (Å²) in [5.41, 5.74) is -2.11. The van der Waals surface area contributed by atoms with Crippen molar-refractivity contribution < 1.29 is 24.6 Å². The van der Waals surface area contributed by atoms with Gasteiger partial charge in [-0.2, -0.15) is 0 Å². The molecule has 6 nitrogen and oxygen atoms in total. The zero-order valence-electron chi connectivity index (χ0n) is 7.43. The van der Waals surface area contributed by atoms with Crippen LogP contribution >= 0.6 is 0 Å². The molecule has 14 heavy (non-hydrogen) atoms. The first-order valence-corrected chi connectivity index (χ1v) is 3.84. The molecule has 0 radical (unpaired) electrons. The second-order valence-electron chi connectivity index (χ2n) is 3.17. The smallest absolute Gasteiger partial charge is 0.337 e. The van der Waals surface area contributed by atoms with Crippen molar-refractivity contribution in [1.29, 1.82) is 0 Å². The lowest BCUT2D eigenvalue weighted by Crippen LogP contribution is -2.48. The van der Waals surface area contributed by atoms with E-state index in [2.05, 4.69) is 0 Å². The fraction of sp³-hybridized carbons (Fsp3) is 0.375. The summed E-state index contributed by atoms with van der Waals surface area (Å²) in [6.45, 7) is 0.473. The number of β-amino-alcohol motifs (C(OH)–C–C–N with tert-alkyl or cyclic N) is 1. The molecule has 0 aliphatic carbocycles. The Hall–Kier alpha value is -1.69. The van der Waals surface area contributed by atoms with Crippen LogP contribution in [0.2, 0.25) is 0 Å². The Balaban J connectivity index is 2.75. The molecular weight excluding hydrogens is 190 g/mol. The summed E-state index contributed by atoms with van der Waals surface area (Å²) in [4.78, 5) is 33.2. The first-order chi connectivity index (χ1) is 6.34. The van der Waals surface area contributed by atoms with Gasteiger partial charge in [0.2, 0.25) is 0 Å². The third-order valence-electron chi connectivity index (χ3n) is 1.83. The van der Waals surface area contributed by atoms with Crippen molar-refractivity contribution in [2.24, 2.45) is 0 Å². The van der Waals surface area contributed by atoms with E-state index >= 15 is 0 Å². The fourth-order valence-electron chi connectivity index (χ4n) is 0.962. The van der Waals surface area contributed by atoms with Gasteiger partial charge in [-0.15, -0.1) is 0 Å². The molecule has 1 rings (SSSR count). The zero-order valence-corrected chi connectivity index (χ0v) is 7.43. The van der Waals surface area contributed by atoms with Crippen LogP contribution in [0.15, 0.2) is 12.2 Å². The van der Waals surface area contributed by atoms with Crippen LogP contribution in [0.25, 0.3) is 0 Å². The Morgan fingerprint density at radius 1 is 1.43 bits per heavy atom. The minimum Gasteiger partial charge on any atom is -0.479 e. The van der Waals surface area contributed by atoms with Gasteiger partial charge in [0.1, 0.15) is 0 Å². The van der Waals surface area contributed by atoms with E-state index in [4.69, 9.17) is 5.11 Å². The number of hydrogen-bond acceptors (Lipinski definition) is 4.